The first-order valence-corrected chi connectivity index (χ1v) is 10.8. The summed E-state index contributed by atoms with van der Waals surface area (Å²) in [6.45, 7) is 5.86. The molecule has 3 aromatic rings. The molecule has 4 heterocycles. The van der Waals surface area contributed by atoms with Gasteiger partial charge in [-0.05, 0) is 37.1 Å². The Morgan fingerprint density at radius 1 is 1.33 bits per heavy atom. The van der Waals surface area contributed by atoms with Gasteiger partial charge < -0.3 is 23.9 Å². The van der Waals surface area contributed by atoms with Crippen molar-refractivity contribution < 1.29 is 24.1 Å². The lowest BCUT2D eigenvalue weighted by Gasteiger charge is -2.31. The zero-order valence-electron chi connectivity index (χ0n) is 18.5. The van der Waals surface area contributed by atoms with Gasteiger partial charge >= 0.3 is 5.97 Å². The molecule has 0 spiro atoms. The number of carbonyl (C=O) groups is 1. The zero-order valence-corrected chi connectivity index (χ0v) is 18.5. The van der Waals surface area contributed by atoms with Crippen LogP contribution in [0, 0.1) is 0 Å². The highest BCUT2D eigenvalue weighted by molar-refractivity contribution is 5.89. The van der Waals surface area contributed by atoms with E-state index >= 15 is 0 Å². The highest BCUT2D eigenvalue weighted by Gasteiger charge is 2.45. The number of aromatic nitrogens is 2. The van der Waals surface area contributed by atoms with Crippen molar-refractivity contribution in [1.82, 2.24) is 9.55 Å². The smallest absolute Gasteiger partial charge is 0.343 e. The molecule has 5 rings (SSSR count). The molecule has 8 heteroatoms. The number of aliphatic hydroxyl groups is 1. The Morgan fingerprint density at radius 2 is 2.15 bits per heavy atom. The number of fused-ring (bicyclic) bond motifs is 5. The summed E-state index contributed by atoms with van der Waals surface area (Å²) >= 11 is 0. The Labute approximate surface area is 190 Å². The molecule has 0 unspecified atom stereocenters. The van der Waals surface area contributed by atoms with E-state index in [1.807, 2.05) is 18.2 Å². The van der Waals surface area contributed by atoms with Crippen LogP contribution in [0.5, 0.6) is 5.75 Å². The average Bonchev–Trinajstić information content (AvgIpc) is 3.18. The maximum absolute atomic E-state index is 13.3. The van der Waals surface area contributed by atoms with Crippen molar-refractivity contribution in [3.8, 4) is 17.1 Å². The summed E-state index contributed by atoms with van der Waals surface area (Å²) in [4.78, 5) is 30.5. The highest BCUT2D eigenvalue weighted by atomic mass is 16.7. The van der Waals surface area contributed by atoms with Gasteiger partial charge in [-0.2, -0.15) is 0 Å². The molecule has 1 atom stereocenters. The Hall–Kier alpha value is -3.49. The van der Waals surface area contributed by atoms with Gasteiger partial charge in [0.05, 0.1) is 29.0 Å². The molecule has 0 aliphatic carbocycles. The molecule has 0 amide bonds. The first-order valence-electron chi connectivity index (χ1n) is 10.8. The van der Waals surface area contributed by atoms with Crippen molar-refractivity contribution in [1.29, 1.82) is 0 Å². The van der Waals surface area contributed by atoms with Crippen LogP contribution in [0.3, 0.4) is 0 Å². The molecule has 1 N–H and O–H groups in total. The van der Waals surface area contributed by atoms with E-state index in [-0.39, 0.29) is 25.4 Å². The maximum Gasteiger partial charge on any atom is 0.343 e. The predicted octanol–water partition coefficient (Wildman–Crippen LogP) is 2.79. The molecule has 33 heavy (non-hydrogen) atoms. The Balaban J connectivity index is 1.71. The average molecular weight is 448 g/mol. The van der Waals surface area contributed by atoms with Crippen molar-refractivity contribution in [2.75, 3.05) is 13.9 Å². The fourth-order valence-corrected chi connectivity index (χ4v) is 4.70. The van der Waals surface area contributed by atoms with E-state index in [1.165, 1.54) is 0 Å². The number of benzene rings is 1. The van der Waals surface area contributed by atoms with Crippen LogP contribution in [0.15, 0.2) is 41.7 Å². The Kier molecular flexibility index (Phi) is 5.07. The first-order chi connectivity index (χ1) is 15.9. The topological polar surface area (TPSA) is 99.9 Å². The van der Waals surface area contributed by atoms with Gasteiger partial charge in [0.15, 0.2) is 12.4 Å². The van der Waals surface area contributed by atoms with Gasteiger partial charge in [0.2, 0.25) is 0 Å². The van der Waals surface area contributed by atoms with E-state index in [2.05, 4.69) is 6.58 Å². The van der Waals surface area contributed by atoms with Crippen LogP contribution >= 0.6 is 0 Å². The number of methoxy groups -OCH3 is 1. The second-order valence-corrected chi connectivity index (χ2v) is 8.25. The van der Waals surface area contributed by atoms with Crippen LogP contribution in [0.25, 0.3) is 22.3 Å². The Morgan fingerprint density at radius 3 is 2.88 bits per heavy atom. The lowest BCUT2D eigenvalue weighted by molar-refractivity contribution is -0.172. The van der Waals surface area contributed by atoms with Crippen molar-refractivity contribution in [3.05, 3.63) is 69.5 Å². The molecule has 0 saturated heterocycles. The lowest BCUT2D eigenvalue weighted by atomic mass is 9.86. The fraction of sp³-hybridized carbons (Fsp3) is 0.320. The number of esters is 1. The van der Waals surface area contributed by atoms with Gasteiger partial charge in [-0.1, -0.05) is 13.0 Å². The first kappa shape index (κ1) is 21.4. The lowest BCUT2D eigenvalue weighted by Crippen LogP contribution is -2.44. The van der Waals surface area contributed by atoms with Crippen molar-refractivity contribution in [2.24, 2.45) is 0 Å². The van der Waals surface area contributed by atoms with E-state index in [0.717, 1.165) is 22.0 Å². The quantitative estimate of drug-likeness (QED) is 0.275. The molecule has 1 aromatic carbocycles. The van der Waals surface area contributed by atoms with Crippen LogP contribution in [-0.4, -0.2) is 34.5 Å². The number of hydrogen-bond acceptors (Lipinski definition) is 7. The largest absolute Gasteiger partial charge is 0.467 e. The van der Waals surface area contributed by atoms with E-state index in [1.54, 1.807) is 30.7 Å². The summed E-state index contributed by atoms with van der Waals surface area (Å²) in [6, 6.07) is 7.45. The Bertz CT molecular complexity index is 1380. The summed E-state index contributed by atoms with van der Waals surface area (Å²) in [6.07, 6.45) is 2.49. The monoisotopic (exact) mass is 448 g/mol. The molecule has 0 saturated carbocycles. The van der Waals surface area contributed by atoms with E-state index in [4.69, 9.17) is 19.2 Å². The number of cyclic esters (lactones) is 1. The number of ether oxygens (including phenoxy) is 3. The molecule has 0 fully saturated rings. The molecule has 0 bridgehead atoms. The van der Waals surface area contributed by atoms with Crippen LogP contribution in [-0.2, 0) is 39.4 Å². The number of rotatable bonds is 6. The third-order valence-corrected chi connectivity index (χ3v) is 6.44. The molecule has 8 nitrogen and oxygen atoms in total. The second kappa shape index (κ2) is 7.83. The highest BCUT2D eigenvalue weighted by Crippen LogP contribution is 2.39. The number of carbonyl (C=O) groups excluding carboxylic acids is 1. The van der Waals surface area contributed by atoms with Crippen molar-refractivity contribution in [2.45, 2.75) is 38.5 Å². The van der Waals surface area contributed by atoms with Crippen LogP contribution in [0.2, 0.25) is 0 Å². The number of pyridine rings is 2. The normalized spacial score (nSPS) is 18.5. The number of hydrogen-bond donors (Lipinski definition) is 1. The van der Waals surface area contributed by atoms with Gasteiger partial charge in [-0.3, -0.25) is 4.79 Å². The van der Waals surface area contributed by atoms with E-state index in [9.17, 15) is 14.7 Å². The molecule has 2 aromatic heterocycles. The minimum absolute atomic E-state index is 0.106. The molecule has 0 radical (unpaired) electrons. The summed E-state index contributed by atoms with van der Waals surface area (Å²) in [5, 5.41) is 11.9. The fourth-order valence-electron chi connectivity index (χ4n) is 4.70. The molecular formula is C25H24N2O6. The van der Waals surface area contributed by atoms with Crippen molar-refractivity contribution >= 4 is 16.9 Å². The standard InChI is InChI=1S/C25H24N2O6/c1-4-6-15-16-9-14-11-27-20(22(14)26-19(16)7-8-21(15)33-13-31-3)10-18-17(23(27)28)12-32-24(29)25(18,30)5-2/h4,7-10,30H,1,5-6,11-13H2,2-3H3/t25-/m0/s1. The SMILES string of the molecule is C=CCc1c(OCOC)ccc2nc3c(cc12)Cn1c-3cc2c(c1=O)COC(=O)[C@]2(O)CC. The summed E-state index contributed by atoms with van der Waals surface area (Å²) in [5.74, 6) is -0.0398. The summed E-state index contributed by atoms with van der Waals surface area (Å²) in [7, 11) is 1.56. The summed E-state index contributed by atoms with van der Waals surface area (Å²) < 4.78 is 17.5. The minimum Gasteiger partial charge on any atom is -0.467 e. The van der Waals surface area contributed by atoms with Crippen LogP contribution in [0.4, 0.5) is 0 Å². The second-order valence-electron chi connectivity index (χ2n) is 8.25. The zero-order chi connectivity index (χ0) is 23.3. The minimum atomic E-state index is -1.84. The van der Waals surface area contributed by atoms with Gasteiger partial charge in [0.25, 0.3) is 5.56 Å². The van der Waals surface area contributed by atoms with E-state index in [0.29, 0.717) is 41.2 Å². The maximum atomic E-state index is 13.3. The predicted molar refractivity (Wildman–Crippen MR) is 121 cm³/mol. The third kappa shape index (κ3) is 3.09. The molecular weight excluding hydrogens is 424 g/mol. The number of nitrogens with zero attached hydrogens (tertiary/aromatic N) is 2. The van der Waals surface area contributed by atoms with E-state index < -0.39 is 11.6 Å². The molecule has 2 aliphatic heterocycles. The molecule has 2 aliphatic rings. The summed E-state index contributed by atoms with van der Waals surface area (Å²) in [5.41, 5.74) is 2.31. The van der Waals surface area contributed by atoms with Gasteiger partial charge in [-0.25, -0.2) is 9.78 Å². The van der Waals surface area contributed by atoms with Gasteiger partial charge in [0, 0.05) is 29.2 Å². The third-order valence-electron chi connectivity index (χ3n) is 6.44. The van der Waals surface area contributed by atoms with Gasteiger partial charge in [0.1, 0.15) is 12.4 Å². The molecule has 170 valence electrons. The van der Waals surface area contributed by atoms with Crippen LogP contribution in [0.1, 0.15) is 35.6 Å². The number of allylic oxidation sites excluding steroid dienone is 1. The van der Waals surface area contributed by atoms with Crippen LogP contribution < -0.4 is 10.3 Å². The van der Waals surface area contributed by atoms with Gasteiger partial charge in [-0.15, -0.1) is 6.58 Å². The van der Waals surface area contributed by atoms with Crippen molar-refractivity contribution in [3.63, 3.8) is 0 Å².